The topological polar surface area (TPSA) is 66.5 Å². The van der Waals surface area contributed by atoms with Crippen LogP contribution in [0.2, 0.25) is 5.02 Å². The van der Waals surface area contributed by atoms with Crippen LogP contribution in [-0.2, 0) is 21.4 Å². The fraction of sp³-hybridized carbons (Fsp3) is 0.353. The first-order valence-corrected chi connectivity index (χ1v) is 10.8. The number of carbonyl (C=O) groups excluding carboxylic acids is 1. The minimum atomic E-state index is -3.73. The number of halogens is 1. The first-order valence-electron chi connectivity index (χ1n) is 8.06. The van der Waals surface area contributed by atoms with Gasteiger partial charge in [0.05, 0.1) is 11.4 Å². The molecule has 134 valence electrons. The van der Waals surface area contributed by atoms with Crippen molar-refractivity contribution in [1.82, 2.24) is 9.62 Å². The lowest BCUT2D eigenvalue weighted by Crippen LogP contribution is -2.51. The van der Waals surface area contributed by atoms with Crippen LogP contribution in [0.4, 0.5) is 0 Å². The van der Waals surface area contributed by atoms with Crippen LogP contribution in [0.5, 0.6) is 0 Å². The number of amides is 1. The molecule has 25 heavy (non-hydrogen) atoms. The highest BCUT2D eigenvalue weighted by Gasteiger charge is 2.37. The van der Waals surface area contributed by atoms with Crippen LogP contribution in [0, 0.1) is 0 Å². The molecular formula is C17H19ClN2O3S2. The second-order valence-electron chi connectivity index (χ2n) is 5.88. The van der Waals surface area contributed by atoms with Crippen LogP contribution in [0.25, 0.3) is 0 Å². The first kappa shape index (κ1) is 18.4. The summed E-state index contributed by atoms with van der Waals surface area (Å²) in [6.07, 6.45) is 2.12. The molecule has 0 bridgehead atoms. The van der Waals surface area contributed by atoms with Crippen LogP contribution in [0.15, 0.2) is 46.7 Å². The number of piperidine rings is 1. The summed E-state index contributed by atoms with van der Waals surface area (Å²) in [6, 6.07) is 9.24. The van der Waals surface area contributed by atoms with E-state index in [0.29, 0.717) is 24.5 Å². The summed E-state index contributed by atoms with van der Waals surface area (Å²) in [5.74, 6) is -0.245. The van der Waals surface area contributed by atoms with Crippen molar-refractivity contribution in [2.45, 2.75) is 36.7 Å². The molecule has 1 amide bonds. The van der Waals surface area contributed by atoms with Gasteiger partial charge in [-0.1, -0.05) is 24.1 Å². The van der Waals surface area contributed by atoms with E-state index < -0.39 is 16.1 Å². The summed E-state index contributed by atoms with van der Waals surface area (Å²) in [6.45, 7) is 0.768. The third-order valence-electron chi connectivity index (χ3n) is 4.19. The molecule has 8 heteroatoms. The SMILES string of the molecule is O=C(NCc1cccs1)[C@@H]1CCCCN1S(=O)(=O)c1ccc(Cl)cc1. The van der Waals surface area contributed by atoms with Gasteiger partial charge in [-0.15, -0.1) is 11.3 Å². The van der Waals surface area contributed by atoms with Crippen molar-refractivity contribution in [2.24, 2.45) is 0 Å². The molecule has 0 saturated carbocycles. The number of nitrogens with one attached hydrogen (secondary N) is 1. The average Bonchev–Trinajstić information content (AvgIpc) is 3.13. The van der Waals surface area contributed by atoms with Gasteiger partial charge in [-0.05, 0) is 48.6 Å². The zero-order valence-electron chi connectivity index (χ0n) is 13.5. The molecule has 0 unspecified atom stereocenters. The van der Waals surface area contributed by atoms with Crippen molar-refractivity contribution in [3.8, 4) is 0 Å². The molecule has 2 aromatic rings. The second kappa shape index (κ2) is 7.86. The van der Waals surface area contributed by atoms with E-state index in [0.717, 1.165) is 17.7 Å². The smallest absolute Gasteiger partial charge is 0.243 e. The lowest BCUT2D eigenvalue weighted by atomic mass is 10.0. The number of hydrogen-bond acceptors (Lipinski definition) is 4. The zero-order valence-corrected chi connectivity index (χ0v) is 15.9. The van der Waals surface area contributed by atoms with Crippen LogP contribution < -0.4 is 5.32 Å². The lowest BCUT2D eigenvalue weighted by molar-refractivity contribution is -0.125. The molecule has 0 spiro atoms. The van der Waals surface area contributed by atoms with E-state index in [-0.39, 0.29) is 10.8 Å². The fourth-order valence-corrected chi connectivity index (χ4v) is 5.33. The quantitative estimate of drug-likeness (QED) is 0.840. The molecule has 1 aliphatic heterocycles. The van der Waals surface area contributed by atoms with Gasteiger partial charge < -0.3 is 5.32 Å². The Balaban J connectivity index is 1.77. The summed E-state index contributed by atoms with van der Waals surface area (Å²) in [4.78, 5) is 13.8. The van der Waals surface area contributed by atoms with Crippen molar-refractivity contribution < 1.29 is 13.2 Å². The number of hydrogen-bond donors (Lipinski definition) is 1. The van der Waals surface area contributed by atoms with E-state index in [1.54, 1.807) is 23.5 Å². The third-order valence-corrected chi connectivity index (χ3v) is 7.24. The average molecular weight is 399 g/mol. The summed E-state index contributed by atoms with van der Waals surface area (Å²) < 4.78 is 27.2. The molecule has 5 nitrogen and oxygen atoms in total. The van der Waals surface area contributed by atoms with Gasteiger partial charge in [-0.2, -0.15) is 4.31 Å². The van der Waals surface area contributed by atoms with Gasteiger partial charge in [0.25, 0.3) is 0 Å². The highest BCUT2D eigenvalue weighted by molar-refractivity contribution is 7.89. The molecule has 1 aliphatic rings. The Morgan fingerprint density at radius 1 is 1.24 bits per heavy atom. The maximum absolute atomic E-state index is 13.0. The maximum atomic E-state index is 13.0. The van der Waals surface area contributed by atoms with E-state index >= 15 is 0 Å². The Morgan fingerprint density at radius 2 is 2.00 bits per heavy atom. The molecule has 1 aromatic heterocycles. The number of nitrogens with zero attached hydrogens (tertiary/aromatic N) is 1. The standard InChI is InChI=1S/C17H19ClN2O3S2/c18-13-6-8-15(9-7-13)25(22,23)20-10-2-1-5-16(20)17(21)19-12-14-4-3-11-24-14/h3-4,6-9,11,16H,1-2,5,10,12H2,(H,19,21)/t16-/m0/s1. The Labute approximate surface area is 156 Å². The molecular weight excluding hydrogens is 380 g/mol. The molecule has 2 heterocycles. The third kappa shape index (κ3) is 4.23. The summed E-state index contributed by atoms with van der Waals surface area (Å²) in [5, 5.41) is 5.28. The van der Waals surface area contributed by atoms with Crippen molar-refractivity contribution in [2.75, 3.05) is 6.54 Å². The van der Waals surface area contributed by atoms with Crippen molar-refractivity contribution in [3.63, 3.8) is 0 Å². The highest BCUT2D eigenvalue weighted by atomic mass is 35.5. The van der Waals surface area contributed by atoms with E-state index in [9.17, 15) is 13.2 Å². The highest BCUT2D eigenvalue weighted by Crippen LogP contribution is 2.26. The van der Waals surface area contributed by atoms with Crippen molar-refractivity contribution >= 4 is 38.9 Å². The molecule has 0 aliphatic carbocycles. The fourth-order valence-electron chi connectivity index (χ4n) is 2.90. The molecule has 1 N–H and O–H groups in total. The number of benzene rings is 1. The normalized spacial score (nSPS) is 18.8. The maximum Gasteiger partial charge on any atom is 0.243 e. The Bertz CT molecular complexity index is 820. The minimum absolute atomic E-state index is 0.162. The predicted molar refractivity (Wildman–Crippen MR) is 99.1 cm³/mol. The van der Waals surface area contributed by atoms with Crippen molar-refractivity contribution in [1.29, 1.82) is 0 Å². The number of thiophene rings is 1. The van der Waals surface area contributed by atoms with Gasteiger partial charge in [-0.25, -0.2) is 8.42 Å². The second-order valence-corrected chi connectivity index (χ2v) is 9.24. The van der Waals surface area contributed by atoms with Crippen LogP contribution in [0.1, 0.15) is 24.1 Å². The van der Waals surface area contributed by atoms with Crippen molar-refractivity contribution in [3.05, 3.63) is 51.7 Å². The lowest BCUT2D eigenvalue weighted by Gasteiger charge is -2.33. The van der Waals surface area contributed by atoms with Crippen LogP contribution >= 0.6 is 22.9 Å². The van der Waals surface area contributed by atoms with Gasteiger partial charge in [0.2, 0.25) is 15.9 Å². The van der Waals surface area contributed by atoms with Gasteiger partial charge in [0, 0.05) is 16.4 Å². The largest absolute Gasteiger partial charge is 0.350 e. The summed E-state index contributed by atoms with van der Waals surface area (Å²) in [7, 11) is -3.73. The van der Waals surface area contributed by atoms with Gasteiger partial charge in [0.15, 0.2) is 0 Å². The molecule has 1 aromatic carbocycles. The van der Waals surface area contributed by atoms with Crippen LogP contribution in [0.3, 0.4) is 0 Å². The van der Waals surface area contributed by atoms with Gasteiger partial charge >= 0.3 is 0 Å². The first-order chi connectivity index (χ1) is 12.0. The minimum Gasteiger partial charge on any atom is -0.350 e. The molecule has 1 atom stereocenters. The molecule has 1 saturated heterocycles. The predicted octanol–water partition coefficient (Wildman–Crippen LogP) is 3.26. The van der Waals surface area contributed by atoms with E-state index in [1.807, 2.05) is 17.5 Å². The van der Waals surface area contributed by atoms with E-state index in [4.69, 9.17) is 11.6 Å². The Kier molecular flexibility index (Phi) is 5.78. The van der Waals surface area contributed by atoms with Crippen LogP contribution in [-0.4, -0.2) is 31.2 Å². The molecule has 1 fully saturated rings. The van der Waals surface area contributed by atoms with Gasteiger partial charge in [0.1, 0.15) is 6.04 Å². The summed E-state index contributed by atoms with van der Waals surface area (Å²) >= 11 is 7.40. The van der Waals surface area contributed by atoms with Gasteiger partial charge in [-0.3, -0.25) is 4.79 Å². The van der Waals surface area contributed by atoms with E-state index in [2.05, 4.69) is 5.32 Å². The summed E-state index contributed by atoms with van der Waals surface area (Å²) in [5.41, 5.74) is 0. The zero-order chi connectivity index (χ0) is 17.9. The molecule has 0 radical (unpaired) electrons. The number of rotatable bonds is 5. The Hall–Kier alpha value is -1.41. The van der Waals surface area contributed by atoms with E-state index in [1.165, 1.54) is 16.4 Å². The number of sulfonamides is 1. The monoisotopic (exact) mass is 398 g/mol. The molecule has 3 rings (SSSR count). The Morgan fingerprint density at radius 3 is 2.68 bits per heavy atom. The number of carbonyl (C=O) groups is 1.